The highest BCUT2D eigenvalue weighted by molar-refractivity contribution is 6.34. The Morgan fingerprint density at radius 1 is 1.14 bits per heavy atom. The van der Waals surface area contributed by atoms with E-state index >= 15 is 0 Å². The maximum Gasteiger partial charge on any atom is 0.308 e. The SMILES string of the molecule is O=C(CNC(=O)c1cc(O)cc(NC2=NCC(O)CN2)c1)NC1CC(=O)OC1c1cc(Cl)cc(Cl)c1. The summed E-state index contributed by atoms with van der Waals surface area (Å²) in [4.78, 5) is 41.2. The van der Waals surface area contributed by atoms with Gasteiger partial charge in [0.2, 0.25) is 5.91 Å². The van der Waals surface area contributed by atoms with Crippen molar-refractivity contribution in [2.75, 3.05) is 25.0 Å². The lowest BCUT2D eigenvalue weighted by molar-refractivity contribution is -0.141. The van der Waals surface area contributed by atoms with Crippen molar-refractivity contribution in [1.29, 1.82) is 0 Å². The van der Waals surface area contributed by atoms with Gasteiger partial charge in [0, 0.05) is 33.9 Å². The number of esters is 1. The second-order valence-electron chi connectivity index (χ2n) is 8.29. The zero-order valence-electron chi connectivity index (χ0n) is 18.8. The second kappa shape index (κ2) is 11.0. The number of ether oxygens (including phenoxy) is 1. The summed E-state index contributed by atoms with van der Waals surface area (Å²) < 4.78 is 5.34. The number of aliphatic hydroxyl groups excluding tert-OH is 1. The standard InChI is InChI=1S/C23H23Cl2N5O6/c24-13-1-11(2-14(25)5-13)21-18(7-20(34)36-21)30-19(33)10-26-22(35)12-3-15(6-16(31)4-12)29-23-27-8-17(32)9-28-23/h1-6,17-18,21,31-32H,7-10H2,(H,26,35)(H,30,33)(H2,27,28,29). The number of hydrogen-bond acceptors (Lipinski definition) is 9. The minimum absolute atomic E-state index is 0.0506. The molecule has 6 N–H and O–H groups in total. The van der Waals surface area contributed by atoms with Crippen LogP contribution >= 0.6 is 23.2 Å². The number of aliphatic imine (C=N–C) groups is 1. The monoisotopic (exact) mass is 535 g/mol. The first-order valence-corrected chi connectivity index (χ1v) is 11.7. The molecule has 0 aromatic heterocycles. The molecular formula is C23H23Cl2N5O6. The summed E-state index contributed by atoms with van der Waals surface area (Å²) in [6.07, 6.45) is -1.41. The van der Waals surface area contributed by atoms with Gasteiger partial charge in [-0.15, -0.1) is 0 Å². The number of rotatable bonds is 6. The number of nitrogens with one attached hydrogen (secondary N) is 4. The van der Waals surface area contributed by atoms with Crippen LogP contribution in [0.4, 0.5) is 5.69 Å². The van der Waals surface area contributed by atoms with Crippen LogP contribution < -0.4 is 21.3 Å². The van der Waals surface area contributed by atoms with Crippen molar-refractivity contribution >= 4 is 52.6 Å². The maximum atomic E-state index is 12.6. The summed E-state index contributed by atoms with van der Waals surface area (Å²) in [5.41, 5.74) is 1.03. The van der Waals surface area contributed by atoms with E-state index in [2.05, 4.69) is 26.3 Å². The van der Waals surface area contributed by atoms with E-state index in [0.717, 1.165) is 0 Å². The number of nitrogens with zero attached hydrogens (tertiary/aromatic N) is 1. The van der Waals surface area contributed by atoms with Crippen LogP contribution in [0.1, 0.15) is 28.4 Å². The molecule has 0 radical (unpaired) electrons. The number of β-amino-alcohol motifs (C(OH)–C–C–N with tert-alkyl or cyclic N) is 1. The van der Waals surface area contributed by atoms with Crippen molar-refractivity contribution in [3.05, 3.63) is 57.6 Å². The highest BCUT2D eigenvalue weighted by atomic mass is 35.5. The molecule has 11 nitrogen and oxygen atoms in total. The van der Waals surface area contributed by atoms with Crippen molar-refractivity contribution < 1.29 is 29.3 Å². The number of anilines is 1. The lowest BCUT2D eigenvalue weighted by Gasteiger charge is -2.20. The topological polar surface area (TPSA) is 161 Å². The first-order chi connectivity index (χ1) is 17.2. The zero-order valence-corrected chi connectivity index (χ0v) is 20.3. The Balaban J connectivity index is 1.35. The molecule has 0 saturated carbocycles. The van der Waals surface area contributed by atoms with E-state index in [1.165, 1.54) is 18.2 Å². The number of cyclic esters (lactones) is 1. The number of phenols is 1. The number of guanidine groups is 1. The fourth-order valence-corrected chi connectivity index (χ4v) is 4.35. The molecule has 36 heavy (non-hydrogen) atoms. The van der Waals surface area contributed by atoms with Crippen LogP contribution in [0.15, 0.2) is 41.4 Å². The minimum atomic E-state index is -0.773. The molecule has 1 fully saturated rings. The van der Waals surface area contributed by atoms with Crippen molar-refractivity contribution in [2.45, 2.75) is 24.7 Å². The number of hydrogen-bond donors (Lipinski definition) is 6. The second-order valence-corrected chi connectivity index (χ2v) is 9.16. The Hall–Kier alpha value is -3.54. The third-order valence-corrected chi connectivity index (χ3v) is 5.82. The summed E-state index contributed by atoms with van der Waals surface area (Å²) in [6, 6.07) is 8.20. The molecule has 4 rings (SSSR count). The summed E-state index contributed by atoms with van der Waals surface area (Å²) in [6.45, 7) is 0.159. The van der Waals surface area contributed by atoms with E-state index < -0.39 is 36.0 Å². The smallest absolute Gasteiger partial charge is 0.308 e. The Morgan fingerprint density at radius 2 is 1.89 bits per heavy atom. The van der Waals surface area contributed by atoms with Gasteiger partial charge in [-0.3, -0.25) is 19.4 Å². The normalized spacial score (nSPS) is 21.1. The molecule has 2 aliphatic heterocycles. The molecule has 2 aromatic carbocycles. The predicted molar refractivity (Wildman–Crippen MR) is 132 cm³/mol. The van der Waals surface area contributed by atoms with E-state index in [9.17, 15) is 24.6 Å². The Labute approximate surface area is 215 Å². The third kappa shape index (κ3) is 6.56. The lowest BCUT2D eigenvalue weighted by atomic mass is 10.0. The van der Waals surface area contributed by atoms with Gasteiger partial charge in [0.1, 0.15) is 11.9 Å². The van der Waals surface area contributed by atoms with Crippen LogP contribution in [0.25, 0.3) is 0 Å². The van der Waals surface area contributed by atoms with Crippen LogP contribution in [0.3, 0.4) is 0 Å². The Kier molecular flexibility index (Phi) is 7.82. The minimum Gasteiger partial charge on any atom is -0.508 e. The van der Waals surface area contributed by atoms with Gasteiger partial charge < -0.3 is 36.2 Å². The number of benzene rings is 2. The molecule has 3 atom stereocenters. The van der Waals surface area contributed by atoms with Crippen LogP contribution in [-0.2, 0) is 14.3 Å². The molecule has 3 unspecified atom stereocenters. The molecule has 0 spiro atoms. The largest absolute Gasteiger partial charge is 0.508 e. The fraction of sp³-hybridized carbons (Fsp3) is 0.304. The number of amides is 2. The molecule has 2 aliphatic rings. The van der Waals surface area contributed by atoms with Gasteiger partial charge in [0.15, 0.2) is 5.96 Å². The van der Waals surface area contributed by atoms with Gasteiger partial charge in [-0.1, -0.05) is 23.2 Å². The maximum absolute atomic E-state index is 12.6. The van der Waals surface area contributed by atoms with E-state index in [1.807, 2.05) is 0 Å². The molecular weight excluding hydrogens is 513 g/mol. The average Bonchev–Trinajstić information content (AvgIpc) is 3.18. The van der Waals surface area contributed by atoms with Gasteiger partial charge in [-0.2, -0.15) is 0 Å². The van der Waals surface area contributed by atoms with Gasteiger partial charge in [-0.05, 0) is 35.9 Å². The molecule has 1 saturated heterocycles. The predicted octanol–water partition coefficient (Wildman–Crippen LogP) is 1.33. The molecule has 190 valence electrons. The van der Waals surface area contributed by atoms with Gasteiger partial charge >= 0.3 is 5.97 Å². The van der Waals surface area contributed by atoms with E-state index in [-0.39, 0.29) is 30.8 Å². The molecule has 13 heteroatoms. The molecule has 2 aromatic rings. The molecule has 2 amide bonds. The number of aromatic hydroxyl groups is 1. The summed E-state index contributed by atoms with van der Waals surface area (Å²) in [5, 5.41) is 31.2. The molecule has 0 bridgehead atoms. The summed E-state index contributed by atoms with van der Waals surface area (Å²) >= 11 is 12.1. The third-order valence-electron chi connectivity index (χ3n) is 5.39. The highest BCUT2D eigenvalue weighted by Crippen LogP contribution is 2.33. The van der Waals surface area contributed by atoms with Crippen molar-refractivity contribution in [3.63, 3.8) is 0 Å². The van der Waals surface area contributed by atoms with E-state index in [0.29, 0.717) is 33.8 Å². The Morgan fingerprint density at radius 3 is 2.58 bits per heavy atom. The number of halogens is 2. The van der Waals surface area contributed by atoms with E-state index in [4.69, 9.17) is 27.9 Å². The van der Waals surface area contributed by atoms with Crippen molar-refractivity contribution in [2.24, 2.45) is 4.99 Å². The summed E-state index contributed by atoms with van der Waals surface area (Å²) in [7, 11) is 0. The Bertz CT molecular complexity index is 1200. The number of carbonyl (C=O) groups excluding carboxylic acids is 3. The number of aliphatic hydroxyl groups is 1. The quantitative estimate of drug-likeness (QED) is 0.302. The zero-order chi connectivity index (χ0) is 25.8. The van der Waals surface area contributed by atoms with Crippen LogP contribution in [-0.4, -0.2) is 65.7 Å². The van der Waals surface area contributed by atoms with Crippen LogP contribution in [0, 0.1) is 0 Å². The summed E-state index contributed by atoms with van der Waals surface area (Å²) in [5.74, 6) is -1.41. The van der Waals surface area contributed by atoms with Crippen LogP contribution in [0.2, 0.25) is 10.0 Å². The lowest BCUT2D eigenvalue weighted by Crippen LogP contribution is -2.43. The van der Waals surface area contributed by atoms with Gasteiger partial charge in [0.05, 0.1) is 31.7 Å². The molecule has 2 heterocycles. The molecule has 0 aliphatic carbocycles. The number of carbonyl (C=O) groups is 3. The van der Waals surface area contributed by atoms with Crippen molar-refractivity contribution in [3.8, 4) is 5.75 Å². The first-order valence-electron chi connectivity index (χ1n) is 11.0. The van der Waals surface area contributed by atoms with Gasteiger partial charge in [0.25, 0.3) is 5.91 Å². The number of phenolic OH excluding ortho intramolecular Hbond substituents is 1. The van der Waals surface area contributed by atoms with E-state index in [1.54, 1.807) is 18.2 Å². The van der Waals surface area contributed by atoms with Gasteiger partial charge in [-0.25, -0.2) is 0 Å². The van der Waals surface area contributed by atoms with Crippen LogP contribution in [0.5, 0.6) is 5.75 Å². The highest BCUT2D eigenvalue weighted by Gasteiger charge is 2.37. The average molecular weight is 536 g/mol. The van der Waals surface area contributed by atoms with Crippen molar-refractivity contribution in [1.82, 2.24) is 16.0 Å². The first kappa shape index (κ1) is 25.5. The fourth-order valence-electron chi connectivity index (χ4n) is 3.81.